The fraction of sp³-hybridized carbons (Fsp3) is 0.0714. The maximum atomic E-state index is 11.7. The van der Waals surface area contributed by atoms with Crippen molar-refractivity contribution in [3.8, 4) is 0 Å². The Labute approximate surface area is 119 Å². The Morgan fingerprint density at radius 1 is 1.25 bits per heavy atom. The van der Waals surface area contributed by atoms with Crippen LogP contribution in [-0.2, 0) is 6.42 Å². The van der Waals surface area contributed by atoms with E-state index in [4.69, 9.17) is 0 Å². The monoisotopic (exact) mass is 284 g/mol. The summed E-state index contributed by atoms with van der Waals surface area (Å²) < 4.78 is 1.30. The summed E-state index contributed by atoms with van der Waals surface area (Å²) in [5.74, 6) is 0.592. The molecule has 0 atom stereocenters. The van der Waals surface area contributed by atoms with Gasteiger partial charge in [-0.05, 0) is 17.0 Å². The van der Waals surface area contributed by atoms with E-state index in [0.29, 0.717) is 12.2 Å². The van der Waals surface area contributed by atoms with Crippen LogP contribution in [0, 0.1) is 0 Å². The van der Waals surface area contributed by atoms with E-state index < -0.39 is 0 Å². The Balaban J connectivity index is 1.88. The second-order valence-electron chi connectivity index (χ2n) is 4.18. The van der Waals surface area contributed by atoms with Crippen molar-refractivity contribution in [2.24, 2.45) is 5.10 Å². The average molecular weight is 284 g/mol. The second kappa shape index (κ2) is 5.66. The zero-order chi connectivity index (χ0) is 13.8. The largest absolute Gasteiger partial charge is 0.364 e. The van der Waals surface area contributed by atoms with Gasteiger partial charge < -0.3 is 0 Å². The second-order valence-corrected chi connectivity index (χ2v) is 5.16. The van der Waals surface area contributed by atoms with Gasteiger partial charge in [0.1, 0.15) is 0 Å². The summed E-state index contributed by atoms with van der Waals surface area (Å²) in [5.41, 5.74) is 0.753. The smallest absolute Gasteiger partial charge is 0.244 e. The van der Waals surface area contributed by atoms with Gasteiger partial charge in [-0.15, -0.1) is 11.3 Å². The Morgan fingerprint density at radius 2 is 2.10 bits per heavy atom. The van der Waals surface area contributed by atoms with E-state index in [1.54, 1.807) is 17.6 Å². The molecule has 0 aliphatic carbocycles. The van der Waals surface area contributed by atoms with Crippen molar-refractivity contribution in [3.05, 3.63) is 74.6 Å². The molecule has 5 nitrogen and oxygen atoms in total. The van der Waals surface area contributed by atoms with Crippen molar-refractivity contribution >= 4 is 17.6 Å². The van der Waals surface area contributed by atoms with Crippen LogP contribution >= 0.6 is 11.3 Å². The number of hydrogen-bond donors (Lipinski definition) is 1. The fourth-order valence-corrected chi connectivity index (χ4v) is 2.39. The first kappa shape index (κ1) is 12.6. The van der Waals surface area contributed by atoms with Crippen molar-refractivity contribution in [1.82, 2.24) is 14.9 Å². The SMILES string of the molecule is O=c1[nH]nc(Cc2ccccc2)n1/N=C/c1cccs1. The number of benzene rings is 1. The fourth-order valence-electron chi connectivity index (χ4n) is 1.82. The molecule has 20 heavy (non-hydrogen) atoms. The molecule has 3 rings (SSSR count). The van der Waals surface area contributed by atoms with Gasteiger partial charge in [0.25, 0.3) is 0 Å². The highest BCUT2D eigenvalue weighted by Gasteiger charge is 2.07. The average Bonchev–Trinajstić information content (AvgIpc) is 3.09. The predicted octanol–water partition coefficient (Wildman–Crippen LogP) is 2.11. The molecule has 0 fully saturated rings. The van der Waals surface area contributed by atoms with Gasteiger partial charge in [0.05, 0.1) is 6.21 Å². The van der Waals surface area contributed by atoms with Gasteiger partial charge in [-0.25, -0.2) is 9.89 Å². The number of thiophene rings is 1. The maximum absolute atomic E-state index is 11.7. The molecule has 0 bridgehead atoms. The normalized spacial score (nSPS) is 11.2. The van der Waals surface area contributed by atoms with E-state index in [1.165, 1.54) is 4.68 Å². The third-order valence-corrected chi connectivity index (χ3v) is 3.57. The highest BCUT2D eigenvalue weighted by Crippen LogP contribution is 2.07. The van der Waals surface area contributed by atoms with Crippen LogP contribution in [0.1, 0.15) is 16.3 Å². The predicted molar refractivity (Wildman–Crippen MR) is 79.4 cm³/mol. The highest BCUT2D eigenvalue weighted by molar-refractivity contribution is 7.11. The molecule has 0 saturated carbocycles. The van der Waals surface area contributed by atoms with Gasteiger partial charge in [-0.1, -0.05) is 36.4 Å². The van der Waals surface area contributed by atoms with E-state index in [-0.39, 0.29) is 5.69 Å². The van der Waals surface area contributed by atoms with E-state index in [0.717, 1.165) is 10.4 Å². The highest BCUT2D eigenvalue weighted by atomic mass is 32.1. The minimum absolute atomic E-state index is 0.330. The van der Waals surface area contributed by atoms with Gasteiger partial charge in [0, 0.05) is 11.3 Å². The first-order valence-electron chi connectivity index (χ1n) is 6.11. The summed E-state index contributed by atoms with van der Waals surface area (Å²) in [6.45, 7) is 0. The third-order valence-electron chi connectivity index (χ3n) is 2.77. The lowest BCUT2D eigenvalue weighted by atomic mass is 10.1. The van der Waals surface area contributed by atoms with Crippen LogP contribution in [0.4, 0.5) is 0 Å². The molecule has 100 valence electrons. The molecule has 0 unspecified atom stereocenters. The van der Waals surface area contributed by atoms with E-state index in [9.17, 15) is 4.79 Å². The van der Waals surface area contributed by atoms with Crippen molar-refractivity contribution in [1.29, 1.82) is 0 Å². The zero-order valence-electron chi connectivity index (χ0n) is 10.6. The van der Waals surface area contributed by atoms with Gasteiger partial charge in [-0.2, -0.15) is 14.9 Å². The van der Waals surface area contributed by atoms with E-state index >= 15 is 0 Å². The summed E-state index contributed by atoms with van der Waals surface area (Å²) in [6, 6.07) is 13.7. The molecule has 0 aliphatic rings. The topological polar surface area (TPSA) is 63.0 Å². The van der Waals surface area contributed by atoms with Crippen molar-refractivity contribution < 1.29 is 0 Å². The van der Waals surface area contributed by atoms with Crippen molar-refractivity contribution in [2.75, 3.05) is 0 Å². The van der Waals surface area contributed by atoms with Gasteiger partial charge >= 0.3 is 5.69 Å². The summed E-state index contributed by atoms with van der Waals surface area (Å²) in [7, 11) is 0. The number of aromatic amines is 1. The summed E-state index contributed by atoms with van der Waals surface area (Å²) in [5, 5.41) is 12.6. The third kappa shape index (κ3) is 2.75. The molecular formula is C14H12N4OS. The summed E-state index contributed by atoms with van der Waals surface area (Å²) >= 11 is 1.57. The Morgan fingerprint density at radius 3 is 2.85 bits per heavy atom. The van der Waals surface area contributed by atoms with Crippen molar-refractivity contribution in [2.45, 2.75) is 6.42 Å². The molecule has 2 heterocycles. The van der Waals surface area contributed by atoms with E-state index in [1.807, 2.05) is 47.8 Å². The van der Waals surface area contributed by atoms with Crippen LogP contribution < -0.4 is 5.69 Å². The molecule has 6 heteroatoms. The standard InChI is InChI=1S/C14H12N4OS/c19-14-17-16-13(9-11-5-2-1-3-6-11)18(14)15-10-12-7-4-8-20-12/h1-8,10H,9H2,(H,17,19)/b15-10+. The number of rotatable bonds is 4. The van der Waals surface area contributed by atoms with Gasteiger partial charge in [0.2, 0.25) is 0 Å². The van der Waals surface area contributed by atoms with Crippen LogP contribution in [0.15, 0.2) is 57.7 Å². The number of nitrogens with zero attached hydrogens (tertiary/aromatic N) is 3. The molecule has 0 aliphatic heterocycles. The van der Waals surface area contributed by atoms with Crippen LogP contribution in [0.5, 0.6) is 0 Å². The van der Waals surface area contributed by atoms with Crippen LogP contribution in [0.2, 0.25) is 0 Å². The van der Waals surface area contributed by atoms with Crippen LogP contribution in [0.3, 0.4) is 0 Å². The molecule has 1 N–H and O–H groups in total. The van der Waals surface area contributed by atoms with Gasteiger partial charge in [0.15, 0.2) is 5.82 Å². The Bertz CT molecular complexity index is 756. The Kier molecular flexibility index (Phi) is 3.56. The molecule has 3 aromatic rings. The number of aromatic nitrogens is 3. The molecule has 0 radical (unpaired) electrons. The number of nitrogens with one attached hydrogen (secondary N) is 1. The molecule has 0 spiro atoms. The number of hydrogen-bond acceptors (Lipinski definition) is 4. The molecule has 1 aromatic carbocycles. The summed E-state index contributed by atoms with van der Waals surface area (Å²) in [6.07, 6.45) is 2.22. The quantitative estimate of drug-likeness (QED) is 0.746. The molecule has 2 aromatic heterocycles. The Hall–Kier alpha value is -2.47. The lowest BCUT2D eigenvalue weighted by Gasteiger charge is -1.99. The van der Waals surface area contributed by atoms with Crippen LogP contribution in [0.25, 0.3) is 0 Å². The van der Waals surface area contributed by atoms with E-state index in [2.05, 4.69) is 15.3 Å². The maximum Gasteiger partial charge on any atom is 0.364 e. The molecular weight excluding hydrogens is 272 g/mol. The molecule has 0 amide bonds. The van der Waals surface area contributed by atoms with Crippen LogP contribution in [-0.4, -0.2) is 21.1 Å². The van der Waals surface area contributed by atoms with Gasteiger partial charge in [-0.3, -0.25) is 0 Å². The lowest BCUT2D eigenvalue weighted by Crippen LogP contribution is -2.15. The van der Waals surface area contributed by atoms with Crippen molar-refractivity contribution in [3.63, 3.8) is 0 Å². The summed E-state index contributed by atoms with van der Waals surface area (Å²) in [4.78, 5) is 12.7. The number of H-pyrrole nitrogens is 1. The first-order valence-corrected chi connectivity index (χ1v) is 6.99. The molecule has 0 saturated heterocycles. The lowest BCUT2D eigenvalue weighted by molar-refractivity contribution is 0.776. The minimum atomic E-state index is -0.330. The first-order chi connectivity index (χ1) is 9.83. The zero-order valence-corrected chi connectivity index (χ0v) is 11.4. The minimum Gasteiger partial charge on any atom is -0.244 e.